The normalized spacial score (nSPS) is 17.7. The van der Waals surface area contributed by atoms with Crippen molar-refractivity contribution in [2.24, 2.45) is 10.9 Å². The number of hydrogen-bond donors (Lipinski definition) is 0. The summed E-state index contributed by atoms with van der Waals surface area (Å²) in [5, 5.41) is 1.37. The zero-order valence-electron chi connectivity index (χ0n) is 14.4. The molecule has 0 unspecified atom stereocenters. The smallest absolute Gasteiger partial charge is 0.266 e. The van der Waals surface area contributed by atoms with E-state index in [9.17, 15) is 4.79 Å². The number of amides is 1. The Morgan fingerprint density at radius 1 is 1.23 bits per heavy atom. The Morgan fingerprint density at radius 2 is 1.96 bits per heavy atom. The molecule has 0 aromatic heterocycles. The second kappa shape index (κ2) is 8.42. The predicted molar refractivity (Wildman–Crippen MR) is 115 cm³/mol. The summed E-state index contributed by atoms with van der Waals surface area (Å²) < 4.78 is 0.983. The maximum Gasteiger partial charge on any atom is 0.266 e. The molecule has 2 aromatic carbocycles. The third-order valence-electron chi connectivity index (χ3n) is 3.63. The van der Waals surface area contributed by atoms with Crippen LogP contribution in [-0.4, -0.2) is 22.5 Å². The average molecular weight is 450 g/mol. The molecular weight excluding hydrogens is 432 g/mol. The summed E-state index contributed by atoms with van der Waals surface area (Å²) in [6.45, 7) is 4.82. The molecule has 0 aliphatic carbocycles. The highest BCUT2D eigenvalue weighted by atomic mass is 79.9. The van der Waals surface area contributed by atoms with Gasteiger partial charge in [-0.25, -0.2) is 4.99 Å². The van der Waals surface area contributed by atoms with E-state index in [0.29, 0.717) is 27.6 Å². The van der Waals surface area contributed by atoms with E-state index < -0.39 is 0 Å². The van der Waals surface area contributed by atoms with Gasteiger partial charge in [-0.3, -0.25) is 9.69 Å². The average Bonchev–Trinajstić information content (AvgIpc) is 2.85. The van der Waals surface area contributed by atoms with Crippen molar-refractivity contribution in [2.45, 2.75) is 13.8 Å². The Kier molecular flexibility index (Phi) is 6.22. The van der Waals surface area contributed by atoms with Crippen LogP contribution in [0.25, 0.3) is 6.08 Å². The number of halogens is 2. The molecule has 0 bridgehead atoms. The fourth-order valence-corrected chi connectivity index (χ4v) is 4.04. The lowest BCUT2D eigenvalue weighted by Gasteiger charge is -2.17. The molecule has 2 aromatic rings. The monoisotopic (exact) mass is 448 g/mol. The van der Waals surface area contributed by atoms with Crippen LogP contribution in [-0.2, 0) is 4.79 Å². The molecule has 1 amide bonds. The number of thioether (sulfide) groups is 1. The van der Waals surface area contributed by atoms with Crippen LogP contribution in [0.4, 0.5) is 5.69 Å². The highest BCUT2D eigenvalue weighted by Crippen LogP contribution is 2.35. The lowest BCUT2D eigenvalue weighted by molar-refractivity contribution is -0.122. The largest absolute Gasteiger partial charge is 0.286 e. The molecule has 1 aliphatic heterocycles. The summed E-state index contributed by atoms with van der Waals surface area (Å²) >= 11 is 10.8. The highest BCUT2D eigenvalue weighted by molar-refractivity contribution is 9.10. The molecule has 0 radical (unpaired) electrons. The second-order valence-electron chi connectivity index (χ2n) is 6.35. The molecule has 1 saturated heterocycles. The fraction of sp³-hybridized carbons (Fsp3) is 0.200. The van der Waals surface area contributed by atoms with E-state index in [-0.39, 0.29) is 5.91 Å². The van der Waals surface area contributed by atoms with Crippen molar-refractivity contribution >= 4 is 62.1 Å². The third kappa shape index (κ3) is 4.78. The van der Waals surface area contributed by atoms with E-state index in [0.717, 1.165) is 15.7 Å². The van der Waals surface area contributed by atoms with Crippen LogP contribution in [0.2, 0.25) is 5.02 Å². The van der Waals surface area contributed by atoms with Crippen LogP contribution in [0.15, 0.2) is 62.9 Å². The molecule has 3 rings (SSSR count). The van der Waals surface area contributed by atoms with Crippen LogP contribution < -0.4 is 0 Å². The van der Waals surface area contributed by atoms with Crippen LogP contribution in [0, 0.1) is 5.92 Å². The third-order valence-corrected chi connectivity index (χ3v) is 5.39. The summed E-state index contributed by atoms with van der Waals surface area (Å²) in [4.78, 5) is 20.0. The van der Waals surface area contributed by atoms with Gasteiger partial charge in [-0.05, 0) is 65.7 Å². The van der Waals surface area contributed by atoms with Crippen molar-refractivity contribution in [3.05, 3.63) is 68.5 Å². The van der Waals surface area contributed by atoms with Gasteiger partial charge >= 0.3 is 0 Å². The van der Waals surface area contributed by atoms with Crippen molar-refractivity contribution in [1.29, 1.82) is 0 Å². The summed E-state index contributed by atoms with van der Waals surface area (Å²) in [5.41, 5.74) is 1.76. The molecule has 134 valence electrons. The molecule has 3 nitrogen and oxygen atoms in total. The van der Waals surface area contributed by atoms with Crippen molar-refractivity contribution in [2.75, 3.05) is 6.54 Å². The number of benzene rings is 2. The lowest BCUT2D eigenvalue weighted by atomic mass is 10.2. The first kappa shape index (κ1) is 19.2. The molecule has 0 N–H and O–H groups in total. The van der Waals surface area contributed by atoms with Crippen molar-refractivity contribution in [3.8, 4) is 0 Å². The minimum absolute atomic E-state index is 0.00334. The predicted octanol–water partition coefficient (Wildman–Crippen LogP) is 6.36. The zero-order valence-corrected chi connectivity index (χ0v) is 17.6. The number of rotatable bonds is 4. The van der Waals surface area contributed by atoms with Gasteiger partial charge in [0, 0.05) is 16.0 Å². The van der Waals surface area contributed by atoms with Gasteiger partial charge in [0.2, 0.25) is 0 Å². The summed E-state index contributed by atoms with van der Waals surface area (Å²) in [6, 6.07) is 15.2. The molecule has 1 aliphatic rings. The van der Waals surface area contributed by atoms with Crippen molar-refractivity contribution in [1.82, 2.24) is 4.90 Å². The molecule has 1 heterocycles. The molecule has 0 spiro atoms. The Hall–Kier alpha value is -1.56. The Bertz CT molecular complexity index is 878. The van der Waals surface area contributed by atoms with Gasteiger partial charge < -0.3 is 0 Å². The number of hydrogen-bond acceptors (Lipinski definition) is 3. The van der Waals surface area contributed by atoms with Gasteiger partial charge in [-0.1, -0.05) is 53.5 Å². The van der Waals surface area contributed by atoms with E-state index in [1.54, 1.807) is 17.0 Å². The van der Waals surface area contributed by atoms with Crippen molar-refractivity contribution in [3.63, 3.8) is 0 Å². The van der Waals surface area contributed by atoms with Gasteiger partial charge in [0.1, 0.15) is 0 Å². The molecule has 6 heteroatoms. The second-order valence-corrected chi connectivity index (χ2v) is 8.71. The van der Waals surface area contributed by atoms with Crippen molar-refractivity contribution < 1.29 is 4.79 Å². The number of nitrogens with zero attached hydrogens (tertiary/aromatic N) is 2. The Morgan fingerprint density at radius 3 is 2.62 bits per heavy atom. The first-order chi connectivity index (χ1) is 12.4. The molecule has 26 heavy (non-hydrogen) atoms. The zero-order chi connectivity index (χ0) is 18.7. The number of carbonyl (C=O) groups is 1. The number of carbonyl (C=O) groups excluding carboxylic acids is 1. The molecule has 0 saturated carbocycles. The van der Waals surface area contributed by atoms with Gasteiger partial charge in [-0.2, -0.15) is 0 Å². The number of amidine groups is 1. The van der Waals surface area contributed by atoms with E-state index in [4.69, 9.17) is 11.6 Å². The standard InChI is InChI=1S/C20H18BrClN2OS/c1-13(2)12-24-19(25)18(11-14-4-3-5-15(21)10-14)26-20(24)23-17-8-6-16(22)7-9-17/h3-11,13H,12H2,1-2H3/b18-11-,23-20?. The van der Waals surface area contributed by atoms with E-state index in [2.05, 4.69) is 34.8 Å². The van der Waals surface area contributed by atoms with Crippen LogP contribution in [0.1, 0.15) is 19.4 Å². The SMILES string of the molecule is CC(C)CN1C(=O)/C(=C/c2cccc(Br)c2)SC1=Nc1ccc(Cl)cc1. The van der Waals surface area contributed by atoms with Crippen LogP contribution in [0.3, 0.4) is 0 Å². The maximum absolute atomic E-state index is 12.9. The van der Waals surface area contributed by atoms with Crippen LogP contribution >= 0.6 is 39.3 Å². The summed E-state index contributed by atoms with van der Waals surface area (Å²) in [6.07, 6.45) is 1.91. The minimum Gasteiger partial charge on any atom is -0.286 e. The van der Waals surface area contributed by atoms with E-state index in [1.165, 1.54) is 11.8 Å². The summed E-state index contributed by atoms with van der Waals surface area (Å²) in [5.74, 6) is 0.344. The Labute approximate surface area is 171 Å². The van der Waals surface area contributed by atoms with Gasteiger partial charge in [0.05, 0.1) is 10.6 Å². The van der Waals surface area contributed by atoms with E-state index in [1.807, 2.05) is 42.5 Å². The first-order valence-corrected chi connectivity index (χ1v) is 10.2. The molecule has 0 atom stereocenters. The van der Waals surface area contributed by atoms with Gasteiger partial charge in [-0.15, -0.1) is 0 Å². The quantitative estimate of drug-likeness (QED) is 0.509. The molecular formula is C20H18BrClN2OS. The minimum atomic E-state index is -0.00334. The Balaban J connectivity index is 1.95. The lowest BCUT2D eigenvalue weighted by Crippen LogP contribution is -2.32. The summed E-state index contributed by atoms with van der Waals surface area (Å²) in [7, 11) is 0. The number of aliphatic imine (C=N–C) groups is 1. The van der Waals surface area contributed by atoms with Gasteiger partial charge in [0.15, 0.2) is 5.17 Å². The fourth-order valence-electron chi connectivity index (χ4n) is 2.49. The van der Waals surface area contributed by atoms with Gasteiger partial charge in [0.25, 0.3) is 5.91 Å². The van der Waals surface area contributed by atoms with Crippen LogP contribution in [0.5, 0.6) is 0 Å². The first-order valence-electron chi connectivity index (χ1n) is 8.23. The highest BCUT2D eigenvalue weighted by Gasteiger charge is 2.33. The topological polar surface area (TPSA) is 32.7 Å². The molecule has 1 fully saturated rings. The van der Waals surface area contributed by atoms with E-state index >= 15 is 0 Å². The maximum atomic E-state index is 12.9.